The standard InChI is InChI=1S/C19H14N6S/c1-2-4-12(5-3-1)8-16-24-17-18(20-11-21-19(17)26-16)23-14-6-7-15-13(9-14)10-22-25-15/h1-7,9-11H,8H2,(H,22,25)(H,20,21,23). The molecule has 5 rings (SSSR count). The normalized spacial score (nSPS) is 11.2. The number of hydrogen-bond donors (Lipinski definition) is 2. The van der Waals surface area contributed by atoms with Crippen LogP contribution in [-0.4, -0.2) is 25.1 Å². The Bertz CT molecular complexity index is 1190. The van der Waals surface area contributed by atoms with E-state index in [9.17, 15) is 0 Å². The molecule has 26 heavy (non-hydrogen) atoms. The van der Waals surface area contributed by atoms with Crippen molar-refractivity contribution >= 4 is 44.1 Å². The molecular weight excluding hydrogens is 344 g/mol. The Morgan fingerprint density at radius 2 is 1.96 bits per heavy atom. The Kier molecular flexibility index (Phi) is 3.57. The van der Waals surface area contributed by atoms with Crippen molar-refractivity contribution < 1.29 is 0 Å². The van der Waals surface area contributed by atoms with Crippen molar-refractivity contribution in [3.05, 3.63) is 71.6 Å². The Labute approximate surface area is 153 Å². The number of anilines is 2. The van der Waals surface area contributed by atoms with Gasteiger partial charge in [0.2, 0.25) is 0 Å². The predicted molar refractivity (Wildman–Crippen MR) is 104 cm³/mol. The van der Waals surface area contributed by atoms with Crippen LogP contribution in [0.25, 0.3) is 21.3 Å². The molecular formula is C19H14N6S. The van der Waals surface area contributed by atoms with Crippen LogP contribution in [0.15, 0.2) is 61.1 Å². The van der Waals surface area contributed by atoms with Gasteiger partial charge in [-0.25, -0.2) is 15.0 Å². The summed E-state index contributed by atoms with van der Waals surface area (Å²) in [7, 11) is 0. The number of rotatable bonds is 4. The van der Waals surface area contributed by atoms with Crippen molar-refractivity contribution in [2.75, 3.05) is 5.32 Å². The summed E-state index contributed by atoms with van der Waals surface area (Å²) in [6.07, 6.45) is 4.17. The van der Waals surface area contributed by atoms with Crippen LogP contribution in [0.3, 0.4) is 0 Å². The van der Waals surface area contributed by atoms with Gasteiger partial charge in [0.05, 0.1) is 16.7 Å². The SMILES string of the molecule is c1ccc(Cc2nc3c(Nc4ccc5[nH]ncc5c4)ncnc3s2)cc1. The molecule has 0 spiro atoms. The summed E-state index contributed by atoms with van der Waals surface area (Å²) in [5, 5.41) is 12.4. The zero-order valence-corrected chi connectivity index (χ0v) is 14.5. The van der Waals surface area contributed by atoms with E-state index in [-0.39, 0.29) is 0 Å². The molecule has 6 nitrogen and oxygen atoms in total. The first-order valence-electron chi connectivity index (χ1n) is 8.20. The van der Waals surface area contributed by atoms with E-state index in [0.29, 0.717) is 5.82 Å². The van der Waals surface area contributed by atoms with Crippen molar-refractivity contribution in [1.82, 2.24) is 25.1 Å². The van der Waals surface area contributed by atoms with Gasteiger partial charge in [-0.1, -0.05) is 41.7 Å². The second-order valence-corrected chi connectivity index (χ2v) is 7.01. The molecule has 0 aliphatic carbocycles. The fourth-order valence-corrected chi connectivity index (χ4v) is 3.83. The fraction of sp³-hybridized carbons (Fsp3) is 0.0526. The Balaban J connectivity index is 1.49. The van der Waals surface area contributed by atoms with Crippen LogP contribution in [-0.2, 0) is 6.42 Å². The highest BCUT2D eigenvalue weighted by atomic mass is 32.1. The summed E-state index contributed by atoms with van der Waals surface area (Å²) >= 11 is 1.60. The topological polar surface area (TPSA) is 79.4 Å². The minimum atomic E-state index is 0.716. The van der Waals surface area contributed by atoms with Gasteiger partial charge in [0, 0.05) is 17.5 Å². The molecule has 7 heteroatoms. The molecule has 0 unspecified atom stereocenters. The van der Waals surface area contributed by atoms with Crippen LogP contribution in [0.2, 0.25) is 0 Å². The summed E-state index contributed by atoms with van der Waals surface area (Å²) in [5.74, 6) is 0.716. The summed E-state index contributed by atoms with van der Waals surface area (Å²) in [5.41, 5.74) is 3.98. The molecule has 2 aromatic carbocycles. The molecule has 0 aliphatic heterocycles. The average molecular weight is 358 g/mol. The minimum Gasteiger partial charge on any atom is -0.338 e. The third-order valence-electron chi connectivity index (χ3n) is 4.14. The number of hydrogen-bond acceptors (Lipinski definition) is 6. The molecule has 126 valence electrons. The maximum atomic E-state index is 4.77. The molecule has 0 bridgehead atoms. The number of nitrogens with zero attached hydrogens (tertiary/aromatic N) is 4. The maximum absolute atomic E-state index is 4.77. The molecule has 0 radical (unpaired) electrons. The average Bonchev–Trinajstić information content (AvgIpc) is 3.29. The van der Waals surface area contributed by atoms with Gasteiger partial charge in [-0.3, -0.25) is 5.10 Å². The van der Waals surface area contributed by atoms with E-state index in [1.165, 1.54) is 5.56 Å². The molecule has 3 aromatic heterocycles. The Morgan fingerprint density at radius 3 is 2.88 bits per heavy atom. The molecule has 0 fully saturated rings. The van der Waals surface area contributed by atoms with Crippen LogP contribution in [0, 0.1) is 0 Å². The summed E-state index contributed by atoms with van der Waals surface area (Å²) in [6.45, 7) is 0. The molecule has 5 aromatic rings. The van der Waals surface area contributed by atoms with Crippen LogP contribution in [0.5, 0.6) is 0 Å². The summed E-state index contributed by atoms with van der Waals surface area (Å²) in [4.78, 5) is 14.4. The van der Waals surface area contributed by atoms with Gasteiger partial charge in [0.1, 0.15) is 16.7 Å². The van der Waals surface area contributed by atoms with Crippen molar-refractivity contribution in [3.63, 3.8) is 0 Å². The third kappa shape index (κ3) is 2.78. The van der Waals surface area contributed by atoms with E-state index in [0.717, 1.165) is 38.4 Å². The van der Waals surface area contributed by atoms with E-state index in [1.54, 1.807) is 23.9 Å². The number of thiazole rings is 1. The van der Waals surface area contributed by atoms with E-state index in [1.807, 2.05) is 36.4 Å². The van der Waals surface area contributed by atoms with Crippen molar-refractivity contribution in [2.24, 2.45) is 0 Å². The molecule has 0 saturated carbocycles. The molecule has 2 N–H and O–H groups in total. The van der Waals surface area contributed by atoms with Crippen molar-refractivity contribution in [1.29, 1.82) is 0 Å². The maximum Gasteiger partial charge on any atom is 0.161 e. The number of H-pyrrole nitrogens is 1. The number of fused-ring (bicyclic) bond motifs is 2. The first-order valence-corrected chi connectivity index (χ1v) is 9.01. The van der Waals surface area contributed by atoms with Gasteiger partial charge >= 0.3 is 0 Å². The Morgan fingerprint density at radius 1 is 1.04 bits per heavy atom. The molecule has 0 atom stereocenters. The van der Waals surface area contributed by atoms with Gasteiger partial charge in [0.25, 0.3) is 0 Å². The molecule has 0 saturated heterocycles. The van der Waals surface area contributed by atoms with Gasteiger partial charge in [-0.15, -0.1) is 0 Å². The fourth-order valence-electron chi connectivity index (χ4n) is 2.89. The highest BCUT2D eigenvalue weighted by Gasteiger charge is 2.11. The predicted octanol–water partition coefficient (Wildman–Crippen LogP) is 4.30. The van der Waals surface area contributed by atoms with Crippen molar-refractivity contribution in [3.8, 4) is 0 Å². The lowest BCUT2D eigenvalue weighted by molar-refractivity contribution is 1.12. The van der Waals surface area contributed by atoms with E-state index < -0.39 is 0 Å². The number of aromatic nitrogens is 5. The molecule has 0 aliphatic rings. The lowest BCUT2D eigenvalue weighted by Crippen LogP contribution is -1.95. The van der Waals surface area contributed by atoms with E-state index >= 15 is 0 Å². The van der Waals surface area contributed by atoms with Gasteiger partial charge in [-0.2, -0.15) is 5.10 Å². The summed E-state index contributed by atoms with van der Waals surface area (Å²) in [6, 6.07) is 16.3. The highest BCUT2D eigenvalue weighted by Crippen LogP contribution is 2.28. The Hall–Kier alpha value is -3.32. The second kappa shape index (κ2) is 6.20. The second-order valence-electron chi connectivity index (χ2n) is 5.94. The van der Waals surface area contributed by atoms with Crippen LogP contribution < -0.4 is 5.32 Å². The highest BCUT2D eigenvalue weighted by molar-refractivity contribution is 7.18. The van der Waals surface area contributed by atoms with Gasteiger partial charge < -0.3 is 5.32 Å². The zero-order valence-electron chi connectivity index (χ0n) is 13.7. The lowest BCUT2D eigenvalue weighted by atomic mass is 10.2. The first kappa shape index (κ1) is 15.0. The lowest BCUT2D eigenvalue weighted by Gasteiger charge is -2.05. The number of nitrogens with one attached hydrogen (secondary N) is 2. The monoisotopic (exact) mass is 358 g/mol. The molecule has 0 amide bonds. The number of aromatic amines is 1. The zero-order chi connectivity index (χ0) is 17.3. The van der Waals surface area contributed by atoms with Crippen LogP contribution in [0.4, 0.5) is 11.5 Å². The molecule has 3 heterocycles. The van der Waals surface area contributed by atoms with Crippen molar-refractivity contribution in [2.45, 2.75) is 6.42 Å². The smallest absolute Gasteiger partial charge is 0.161 e. The van der Waals surface area contributed by atoms with Crippen LogP contribution in [0.1, 0.15) is 10.6 Å². The minimum absolute atomic E-state index is 0.716. The number of benzene rings is 2. The van der Waals surface area contributed by atoms with E-state index in [4.69, 9.17) is 4.98 Å². The third-order valence-corrected chi connectivity index (χ3v) is 5.10. The van der Waals surface area contributed by atoms with Gasteiger partial charge in [-0.05, 0) is 23.8 Å². The first-order chi connectivity index (χ1) is 12.8. The quantitative estimate of drug-likeness (QED) is 0.501. The largest absolute Gasteiger partial charge is 0.338 e. The van der Waals surface area contributed by atoms with Gasteiger partial charge in [0.15, 0.2) is 5.82 Å². The van der Waals surface area contributed by atoms with Crippen LogP contribution >= 0.6 is 11.3 Å². The van der Waals surface area contributed by atoms with E-state index in [2.05, 4.69) is 37.6 Å². The summed E-state index contributed by atoms with van der Waals surface area (Å²) < 4.78 is 0.